The third-order valence-electron chi connectivity index (χ3n) is 3.98. The lowest BCUT2D eigenvalue weighted by molar-refractivity contribution is -0.862. The van der Waals surface area contributed by atoms with Crippen molar-refractivity contribution in [2.75, 3.05) is 27.7 Å². The molecule has 0 saturated heterocycles. The van der Waals surface area contributed by atoms with Gasteiger partial charge in [-0.3, -0.25) is 0 Å². The smallest absolute Gasteiger partial charge is 0.362 e. The standard InChI is InChI=1S/C15H30NO2/c1-12(2)13-9-7-8-10-15(13,3)18-14(17)11-16(4,5)6/h12-13H,7-11H2,1-6H3/q+1/t13?,15-/m0/s1. The summed E-state index contributed by atoms with van der Waals surface area (Å²) in [6, 6.07) is 0. The summed E-state index contributed by atoms with van der Waals surface area (Å²) in [4.78, 5) is 12.1. The normalized spacial score (nSPS) is 29.4. The van der Waals surface area contributed by atoms with Crippen LogP contribution in [-0.2, 0) is 9.53 Å². The fourth-order valence-electron chi connectivity index (χ4n) is 3.18. The van der Waals surface area contributed by atoms with E-state index in [1.165, 1.54) is 19.3 Å². The van der Waals surface area contributed by atoms with Crippen LogP contribution >= 0.6 is 0 Å². The molecule has 0 aliphatic heterocycles. The van der Waals surface area contributed by atoms with Crippen LogP contribution in [0.3, 0.4) is 0 Å². The molecule has 0 heterocycles. The molecule has 1 aliphatic carbocycles. The second kappa shape index (κ2) is 5.60. The van der Waals surface area contributed by atoms with Gasteiger partial charge in [-0.25, -0.2) is 4.79 Å². The summed E-state index contributed by atoms with van der Waals surface area (Å²) in [6.07, 6.45) is 4.65. The summed E-state index contributed by atoms with van der Waals surface area (Å²) in [7, 11) is 6.05. The second-order valence-electron chi connectivity index (χ2n) is 7.33. The molecule has 1 saturated carbocycles. The Morgan fingerprint density at radius 2 is 1.94 bits per heavy atom. The average Bonchev–Trinajstić information content (AvgIpc) is 2.13. The lowest BCUT2D eigenvalue weighted by Gasteiger charge is -2.43. The van der Waals surface area contributed by atoms with E-state index in [0.717, 1.165) is 6.42 Å². The third kappa shape index (κ3) is 4.27. The molecule has 0 aromatic heterocycles. The molecule has 0 N–H and O–H groups in total. The van der Waals surface area contributed by atoms with Crippen LogP contribution in [0.5, 0.6) is 0 Å². The van der Waals surface area contributed by atoms with Gasteiger partial charge in [0.2, 0.25) is 0 Å². The van der Waals surface area contributed by atoms with Gasteiger partial charge < -0.3 is 9.22 Å². The first-order chi connectivity index (χ1) is 8.14. The van der Waals surface area contributed by atoms with Crippen LogP contribution in [0.2, 0.25) is 0 Å². The lowest BCUT2D eigenvalue weighted by atomic mass is 9.71. The molecule has 0 radical (unpaired) electrons. The van der Waals surface area contributed by atoms with Crippen molar-refractivity contribution >= 4 is 5.97 Å². The average molecular weight is 256 g/mol. The molecule has 1 aliphatic rings. The zero-order chi connectivity index (χ0) is 14.0. The fraction of sp³-hybridized carbons (Fsp3) is 0.933. The maximum atomic E-state index is 12.1. The Kier molecular flexibility index (Phi) is 4.82. The number of quaternary nitrogens is 1. The Morgan fingerprint density at radius 3 is 2.44 bits per heavy atom. The summed E-state index contributed by atoms with van der Waals surface area (Å²) >= 11 is 0. The van der Waals surface area contributed by atoms with Crippen molar-refractivity contribution < 1.29 is 14.0 Å². The molecule has 0 aromatic rings. The number of esters is 1. The molecule has 18 heavy (non-hydrogen) atoms. The van der Waals surface area contributed by atoms with E-state index in [1.54, 1.807) is 0 Å². The quantitative estimate of drug-likeness (QED) is 0.571. The molecule has 3 nitrogen and oxygen atoms in total. The molecule has 2 atom stereocenters. The van der Waals surface area contributed by atoms with Crippen LogP contribution in [0.15, 0.2) is 0 Å². The van der Waals surface area contributed by atoms with Crippen LogP contribution in [0.25, 0.3) is 0 Å². The number of carbonyl (C=O) groups is 1. The van der Waals surface area contributed by atoms with Crippen LogP contribution < -0.4 is 0 Å². The van der Waals surface area contributed by atoms with Crippen LogP contribution in [0.1, 0.15) is 46.5 Å². The monoisotopic (exact) mass is 256 g/mol. The molecule has 106 valence electrons. The minimum absolute atomic E-state index is 0.0578. The Hall–Kier alpha value is -0.570. The molecule has 0 spiro atoms. The van der Waals surface area contributed by atoms with Gasteiger partial charge in [-0.05, 0) is 32.1 Å². The van der Waals surface area contributed by atoms with Crippen molar-refractivity contribution in [2.24, 2.45) is 11.8 Å². The highest BCUT2D eigenvalue weighted by atomic mass is 16.6. The van der Waals surface area contributed by atoms with Gasteiger partial charge in [-0.2, -0.15) is 0 Å². The van der Waals surface area contributed by atoms with Gasteiger partial charge >= 0.3 is 5.97 Å². The SMILES string of the molecule is CC(C)C1CCCC[C@]1(C)OC(=O)C[N+](C)(C)C. The maximum absolute atomic E-state index is 12.1. The van der Waals surface area contributed by atoms with Gasteiger partial charge in [-0.1, -0.05) is 20.3 Å². The number of nitrogens with zero attached hydrogens (tertiary/aromatic N) is 1. The summed E-state index contributed by atoms with van der Waals surface area (Å²) in [5.74, 6) is 1.02. The lowest BCUT2D eigenvalue weighted by Crippen LogP contribution is -2.48. The Bertz CT molecular complexity index is 293. The van der Waals surface area contributed by atoms with Crippen LogP contribution in [0, 0.1) is 11.8 Å². The van der Waals surface area contributed by atoms with Crippen LogP contribution in [-0.4, -0.2) is 43.7 Å². The molecule has 1 unspecified atom stereocenters. The van der Waals surface area contributed by atoms with E-state index in [9.17, 15) is 4.79 Å². The third-order valence-corrected chi connectivity index (χ3v) is 3.98. The number of hydrogen-bond donors (Lipinski definition) is 0. The van der Waals surface area contributed by atoms with Gasteiger partial charge in [0, 0.05) is 5.92 Å². The topological polar surface area (TPSA) is 26.3 Å². The Balaban J connectivity index is 2.69. The van der Waals surface area contributed by atoms with Crippen molar-refractivity contribution in [2.45, 2.75) is 52.1 Å². The number of carbonyl (C=O) groups excluding carboxylic acids is 1. The summed E-state index contributed by atoms with van der Waals surface area (Å²) in [5, 5.41) is 0. The van der Waals surface area contributed by atoms with Gasteiger partial charge in [0.15, 0.2) is 6.54 Å². The summed E-state index contributed by atoms with van der Waals surface area (Å²) < 4.78 is 6.50. The maximum Gasteiger partial charge on any atom is 0.362 e. The Labute approximate surface area is 112 Å². The highest BCUT2D eigenvalue weighted by Crippen LogP contribution is 2.40. The molecule has 0 amide bonds. The molecule has 0 bridgehead atoms. The van der Waals surface area contributed by atoms with E-state index in [1.807, 2.05) is 21.1 Å². The minimum Gasteiger partial charge on any atom is -0.455 e. The number of rotatable bonds is 4. The first-order valence-corrected chi connectivity index (χ1v) is 7.16. The summed E-state index contributed by atoms with van der Waals surface area (Å²) in [5.41, 5.74) is -0.251. The predicted octanol–water partition coefficient (Wildman–Crippen LogP) is 2.84. The van der Waals surface area contributed by atoms with E-state index in [0.29, 0.717) is 22.9 Å². The first kappa shape index (κ1) is 15.5. The zero-order valence-corrected chi connectivity index (χ0v) is 13.0. The minimum atomic E-state index is -0.251. The molecule has 1 rings (SSSR count). The van der Waals surface area contributed by atoms with E-state index < -0.39 is 0 Å². The van der Waals surface area contributed by atoms with Gasteiger partial charge in [0.25, 0.3) is 0 Å². The Morgan fingerprint density at radius 1 is 1.33 bits per heavy atom. The number of ether oxygens (including phenoxy) is 1. The van der Waals surface area contributed by atoms with Crippen molar-refractivity contribution in [1.29, 1.82) is 0 Å². The number of hydrogen-bond acceptors (Lipinski definition) is 2. The van der Waals surface area contributed by atoms with Gasteiger partial charge in [-0.15, -0.1) is 0 Å². The van der Waals surface area contributed by atoms with Crippen LogP contribution in [0.4, 0.5) is 0 Å². The van der Waals surface area contributed by atoms with Crippen molar-refractivity contribution in [3.63, 3.8) is 0 Å². The van der Waals surface area contributed by atoms with Crippen molar-refractivity contribution in [3.8, 4) is 0 Å². The van der Waals surface area contributed by atoms with Crippen molar-refractivity contribution in [1.82, 2.24) is 0 Å². The highest BCUT2D eigenvalue weighted by molar-refractivity contribution is 5.71. The largest absolute Gasteiger partial charge is 0.455 e. The van der Waals surface area contributed by atoms with E-state index in [-0.39, 0.29) is 11.6 Å². The van der Waals surface area contributed by atoms with Crippen molar-refractivity contribution in [3.05, 3.63) is 0 Å². The molecular formula is C15H30NO2+. The second-order valence-corrected chi connectivity index (χ2v) is 7.33. The van der Waals surface area contributed by atoms with E-state index in [4.69, 9.17) is 4.74 Å². The van der Waals surface area contributed by atoms with Gasteiger partial charge in [0.1, 0.15) is 5.60 Å². The molecule has 0 aromatic carbocycles. The predicted molar refractivity (Wildman–Crippen MR) is 74.2 cm³/mol. The van der Waals surface area contributed by atoms with E-state index >= 15 is 0 Å². The molecular weight excluding hydrogens is 226 g/mol. The van der Waals surface area contributed by atoms with Gasteiger partial charge in [0.05, 0.1) is 21.1 Å². The number of likely N-dealkylation sites (N-methyl/N-ethyl adjacent to an activating group) is 1. The molecule has 3 heteroatoms. The highest BCUT2D eigenvalue weighted by Gasteiger charge is 2.42. The summed E-state index contributed by atoms with van der Waals surface area (Å²) in [6.45, 7) is 7.05. The zero-order valence-electron chi connectivity index (χ0n) is 13.0. The fourth-order valence-corrected chi connectivity index (χ4v) is 3.18. The first-order valence-electron chi connectivity index (χ1n) is 7.16. The van der Waals surface area contributed by atoms with E-state index in [2.05, 4.69) is 20.8 Å². The molecule has 1 fully saturated rings.